The highest BCUT2D eigenvalue weighted by Crippen LogP contribution is 2.41. The molecular formula is C29H24N2O2. The van der Waals surface area contributed by atoms with Crippen molar-refractivity contribution in [3.8, 4) is 5.75 Å². The van der Waals surface area contributed by atoms with Gasteiger partial charge < -0.3 is 9.64 Å². The Labute approximate surface area is 193 Å². The predicted molar refractivity (Wildman–Crippen MR) is 132 cm³/mol. The quantitative estimate of drug-likeness (QED) is 0.290. The van der Waals surface area contributed by atoms with Crippen molar-refractivity contribution in [2.45, 2.75) is 12.1 Å². The van der Waals surface area contributed by atoms with Gasteiger partial charge in [0, 0.05) is 16.8 Å². The van der Waals surface area contributed by atoms with Gasteiger partial charge in [0.15, 0.2) is 6.04 Å². The number of β-lactam (4-membered cyclic amide) rings is 1. The number of anilines is 1. The van der Waals surface area contributed by atoms with E-state index in [0.29, 0.717) is 0 Å². The molecular weight excluding hydrogens is 408 g/mol. The summed E-state index contributed by atoms with van der Waals surface area (Å²) in [5.41, 5.74) is 4.70. The molecule has 0 saturated carbocycles. The van der Waals surface area contributed by atoms with Crippen LogP contribution in [0.25, 0.3) is 0 Å². The lowest BCUT2D eigenvalue weighted by atomic mass is 9.87. The largest absolute Gasteiger partial charge is 0.497 e. The number of methoxy groups -OCH3 is 1. The number of carbonyl (C=O) groups is 1. The fourth-order valence-corrected chi connectivity index (χ4v) is 4.26. The molecule has 0 radical (unpaired) electrons. The van der Waals surface area contributed by atoms with Gasteiger partial charge in [0.1, 0.15) is 5.75 Å². The molecule has 1 heterocycles. The van der Waals surface area contributed by atoms with Crippen LogP contribution < -0.4 is 9.64 Å². The van der Waals surface area contributed by atoms with E-state index in [9.17, 15) is 4.79 Å². The standard InChI is InChI=1S/C29H24N2O2/c1-33-25-19-17-24(18-20-25)31-28(23-15-9-4-10-16-23)27(29(31)32)30-26(21-11-5-2-6-12-21)22-13-7-3-8-14-22/h2-20,27-28H,1H3/t27-,28-/m0/s1. The molecule has 1 saturated heterocycles. The molecule has 1 amide bonds. The molecule has 2 atom stereocenters. The molecule has 4 nitrogen and oxygen atoms in total. The molecule has 1 fully saturated rings. The SMILES string of the molecule is COc1ccc(N2C(=O)[C@@H](N=C(c3ccccc3)c3ccccc3)[C@@H]2c2ccccc2)cc1. The molecule has 0 bridgehead atoms. The van der Waals surface area contributed by atoms with Gasteiger partial charge in [-0.25, -0.2) is 0 Å². The van der Waals surface area contributed by atoms with Crippen LogP contribution in [-0.2, 0) is 4.79 Å². The van der Waals surface area contributed by atoms with Crippen molar-refractivity contribution in [1.29, 1.82) is 0 Å². The van der Waals surface area contributed by atoms with E-state index < -0.39 is 6.04 Å². The van der Waals surface area contributed by atoms with Crippen LogP contribution in [0.5, 0.6) is 5.75 Å². The third kappa shape index (κ3) is 4.03. The van der Waals surface area contributed by atoms with Crippen LogP contribution in [0.1, 0.15) is 22.7 Å². The van der Waals surface area contributed by atoms with Gasteiger partial charge in [0.05, 0.1) is 18.9 Å². The molecule has 0 unspecified atom stereocenters. The second-order valence-electron chi connectivity index (χ2n) is 7.92. The second kappa shape index (κ2) is 9.13. The van der Waals surface area contributed by atoms with Crippen LogP contribution in [0.15, 0.2) is 120 Å². The first-order valence-corrected chi connectivity index (χ1v) is 11.0. The number of ether oxygens (including phenoxy) is 1. The Kier molecular flexibility index (Phi) is 5.73. The molecule has 0 aliphatic carbocycles. The molecule has 1 aliphatic rings. The Morgan fingerprint density at radius 3 is 1.76 bits per heavy atom. The Hall–Kier alpha value is -4.18. The first-order chi connectivity index (χ1) is 16.3. The zero-order valence-electron chi connectivity index (χ0n) is 18.3. The molecule has 0 N–H and O–H groups in total. The minimum absolute atomic E-state index is 0.0154. The second-order valence-corrected chi connectivity index (χ2v) is 7.92. The van der Waals surface area contributed by atoms with Crippen LogP contribution in [-0.4, -0.2) is 24.8 Å². The molecule has 1 aliphatic heterocycles. The lowest BCUT2D eigenvalue weighted by Crippen LogP contribution is -2.58. The van der Waals surface area contributed by atoms with Crippen LogP contribution in [0.2, 0.25) is 0 Å². The van der Waals surface area contributed by atoms with Crippen molar-refractivity contribution in [3.05, 3.63) is 132 Å². The highest BCUT2D eigenvalue weighted by atomic mass is 16.5. The summed E-state index contributed by atoms with van der Waals surface area (Å²) in [6, 6.07) is 37.1. The Morgan fingerprint density at radius 2 is 1.24 bits per heavy atom. The van der Waals surface area contributed by atoms with Gasteiger partial charge in [0.2, 0.25) is 0 Å². The smallest absolute Gasteiger partial charge is 0.254 e. The van der Waals surface area contributed by atoms with E-state index in [1.54, 1.807) is 7.11 Å². The molecule has 162 valence electrons. The maximum Gasteiger partial charge on any atom is 0.254 e. The number of hydrogen-bond donors (Lipinski definition) is 0. The summed E-state index contributed by atoms with van der Waals surface area (Å²) in [6.45, 7) is 0. The van der Waals surface area contributed by atoms with Crippen LogP contribution in [0, 0.1) is 0 Å². The van der Waals surface area contributed by atoms with Crippen LogP contribution >= 0.6 is 0 Å². The zero-order chi connectivity index (χ0) is 22.6. The van der Waals surface area contributed by atoms with E-state index in [1.807, 2.05) is 108 Å². The monoisotopic (exact) mass is 432 g/mol. The van der Waals surface area contributed by atoms with E-state index in [0.717, 1.165) is 33.8 Å². The van der Waals surface area contributed by atoms with Gasteiger partial charge in [-0.15, -0.1) is 0 Å². The average molecular weight is 433 g/mol. The van der Waals surface area contributed by atoms with Crippen LogP contribution in [0.3, 0.4) is 0 Å². The van der Waals surface area contributed by atoms with Gasteiger partial charge in [-0.3, -0.25) is 9.79 Å². The Morgan fingerprint density at radius 1 is 0.727 bits per heavy atom. The molecule has 4 heteroatoms. The minimum atomic E-state index is -0.509. The number of carbonyl (C=O) groups excluding carboxylic acids is 1. The normalized spacial score (nSPS) is 17.2. The first-order valence-electron chi connectivity index (χ1n) is 11.0. The lowest BCUT2D eigenvalue weighted by Gasteiger charge is -2.45. The maximum absolute atomic E-state index is 13.5. The molecule has 33 heavy (non-hydrogen) atoms. The summed E-state index contributed by atoms with van der Waals surface area (Å²) in [4.78, 5) is 20.4. The molecule has 4 aromatic carbocycles. The number of hydrogen-bond acceptors (Lipinski definition) is 3. The molecule has 4 aromatic rings. The Bertz CT molecular complexity index is 1210. The number of rotatable bonds is 6. The van der Waals surface area contributed by atoms with E-state index >= 15 is 0 Å². The van der Waals surface area contributed by atoms with Gasteiger partial charge in [-0.2, -0.15) is 0 Å². The van der Waals surface area contributed by atoms with Gasteiger partial charge >= 0.3 is 0 Å². The summed E-state index contributed by atoms with van der Waals surface area (Å²) in [7, 11) is 1.63. The fourth-order valence-electron chi connectivity index (χ4n) is 4.26. The van der Waals surface area contributed by atoms with Crippen LogP contribution in [0.4, 0.5) is 5.69 Å². The van der Waals surface area contributed by atoms with Crippen molar-refractivity contribution in [2.75, 3.05) is 12.0 Å². The topological polar surface area (TPSA) is 41.9 Å². The van der Waals surface area contributed by atoms with Crippen molar-refractivity contribution < 1.29 is 9.53 Å². The summed E-state index contributed by atoms with van der Waals surface area (Å²) in [5, 5.41) is 0. The predicted octanol–water partition coefficient (Wildman–Crippen LogP) is 5.69. The van der Waals surface area contributed by atoms with E-state index in [2.05, 4.69) is 12.1 Å². The van der Waals surface area contributed by atoms with Crippen molar-refractivity contribution in [2.24, 2.45) is 4.99 Å². The highest BCUT2D eigenvalue weighted by Gasteiger charge is 2.49. The minimum Gasteiger partial charge on any atom is -0.497 e. The third-order valence-electron chi connectivity index (χ3n) is 5.92. The maximum atomic E-state index is 13.5. The highest BCUT2D eigenvalue weighted by molar-refractivity contribution is 6.15. The lowest BCUT2D eigenvalue weighted by molar-refractivity contribution is -0.126. The molecule has 5 rings (SSSR count). The van der Waals surface area contributed by atoms with Gasteiger partial charge in [-0.1, -0.05) is 91.0 Å². The first kappa shape index (κ1) is 20.7. The zero-order valence-corrected chi connectivity index (χ0v) is 18.3. The number of amides is 1. The van der Waals surface area contributed by atoms with Gasteiger partial charge in [0.25, 0.3) is 5.91 Å². The summed E-state index contributed by atoms with van der Waals surface area (Å²) >= 11 is 0. The summed E-state index contributed by atoms with van der Waals surface area (Å²) in [6.07, 6.45) is 0. The van der Waals surface area contributed by atoms with E-state index in [-0.39, 0.29) is 11.9 Å². The summed E-state index contributed by atoms with van der Waals surface area (Å²) in [5.74, 6) is 0.742. The van der Waals surface area contributed by atoms with Crippen molar-refractivity contribution in [1.82, 2.24) is 0 Å². The molecule has 0 spiro atoms. The fraction of sp³-hybridized carbons (Fsp3) is 0.103. The average Bonchev–Trinajstić information content (AvgIpc) is 2.89. The number of aliphatic imine (C=N–C) groups is 1. The van der Waals surface area contributed by atoms with E-state index in [4.69, 9.17) is 9.73 Å². The van der Waals surface area contributed by atoms with Crippen molar-refractivity contribution >= 4 is 17.3 Å². The third-order valence-corrected chi connectivity index (χ3v) is 5.92. The van der Waals surface area contributed by atoms with E-state index in [1.165, 1.54) is 0 Å². The Balaban J connectivity index is 1.59. The van der Waals surface area contributed by atoms with Crippen molar-refractivity contribution in [3.63, 3.8) is 0 Å². The van der Waals surface area contributed by atoms with Gasteiger partial charge in [-0.05, 0) is 29.8 Å². The number of nitrogens with zero attached hydrogens (tertiary/aromatic N) is 2. The number of benzene rings is 4. The summed E-state index contributed by atoms with van der Waals surface area (Å²) < 4.78 is 5.29. The molecule has 0 aromatic heterocycles.